The lowest BCUT2D eigenvalue weighted by Gasteiger charge is -2.22. The molecule has 1 aliphatic rings. The first-order valence-electron chi connectivity index (χ1n) is 6.04. The Hall–Kier alpha value is -1.92. The Labute approximate surface area is 111 Å². The zero-order valence-electron chi connectivity index (χ0n) is 11.8. The van der Waals surface area contributed by atoms with Gasteiger partial charge in [0.05, 0.1) is 0 Å². The number of hydrogen-bond acceptors (Lipinski definition) is 4. The SMILES string of the molecule is CC(C)N1C(=O)C(=O)N(CC(=O)NC(C)(C)C)C1=O. The molecular weight excluding hydrogens is 250 g/mol. The van der Waals surface area contributed by atoms with Crippen LogP contribution in [0, 0.1) is 0 Å². The zero-order valence-corrected chi connectivity index (χ0v) is 11.8. The summed E-state index contributed by atoms with van der Waals surface area (Å²) >= 11 is 0. The number of hydrogen-bond donors (Lipinski definition) is 1. The highest BCUT2D eigenvalue weighted by molar-refractivity contribution is 6.45. The van der Waals surface area contributed by atoms with Gasteiger partial charge >= 0.3 is 17.8 Å². The van der Waals surface area contributed by atoms with Crippen molar-refractivity contribution in [3.8, 4) is 0 Å². The molecule has 0 atom stereocenters. The van der Waals surface area contributed by atoms with E-state index in [1.54, 1.807) is 34.6 Å². The van der Waals surface area contributed by atoms with E-state index in [1.165, 1.54) is 0 Å². The molecule has 0 aromatic rings. The number of nitrogens with zero attached hydrogens (tertiary/aromatic N) is 2. The minimum absolute atomic E-state index is 0.417. The summed E-state index contributed by atoms with van der Waals surface area (Å²) in [6.45, 7) is 8.16. The van der Waals surface area contributed by atoms with Gasteiger partial charge in [-0.3, -0.25) is 19.3 Å². The standard InChI is InChI=1S/C12H19N3O4/c1-7(2)15-10(18)9(17)14(11(15)19)6-8(16)13-12(3,4)5/h7H,6H2,1-5H3,(H,13,16). The number of carbonyl (C=O) groups excluding carboxylic acids is 4. The lowest BCUT2D eigenvalue weighted by atomic mass is 10.1. The third kappa shape index (κ3) is 3.30. The van der Waals surface area contributed by atoms with Crippen LogP contribution < -0.4 is 5.32 Å². The molecule has 1 N–H and O–H groups in total. The van der Waals surface area contributed by atoms with Gasteiger partial charge in [-0.2, -0.15) is 0 Å². The first kappa shape index (κ1) is 15.1. The average molecular weight is 269 g/mol. The number of imide groups is 2. The van der Waals surface area contributed by atoms with Gasteiger partial charge in [0, 0.05) is 11.6 Å². The second-order valence-electron chi connectivity index (χ2n) is 5.74. The van der Waals surface area contributed by atoms with E-state index < -0.39 is 41.9 Å². The minimum Gasteiger partial charge on any atom is -0.350 e. The van der Waals surface area contributed by atoms with Gasteiger partial charge in [-0.25, -0.2) is 9.69 Å². The molecular formula is C12H19N3O4. The number of amides is 5. The lowest BCUT2D eigenvalue weighted by Crippen LogP contribution is -2.47. The average Bonchev–Trinajstić information content (AvgIpc) is 2.39. The number of carbonyl (C=O) groups is 4. The fraction of sp³-hybridized carbons (Fsp3) is 0.667. The van der Waals surface area contributed by atoms with Gasteiger partial charge in [-0.1, -0.05) is 0 Å². The first-order chi connectivity index (χ1) is 8.54. The van der Waals surface area contributed by atoms with E-state index >= 15 is 0 Å². The molecule has 7 heteroatoms. The summed E-state index contributed by atoms with van der Waals surface area (Å²) in [6, 6.07) is -1.16. The predicted octanol–water partition coefficient (Wildman–Crippen LogP) is 0.100. The molecule has 0 saturated carbocycles. The van der Waals surface area contributed by atoms with Crippen molar-refractivity contribution in [1.82, 2.24) is 15.1 Å². The largest absolute Gasteiger partial charge is 0.350 e. The summed E-state index contributed by atoms with van der Waals surface area (Å²) < 4.78 is 0. The molecule has 1 saturated heterocycles. The van der Waals surface area contributed by atoms with E-state index in [0.29, 0.717) is 4.90 Å². The topological polar surface area (TPSA) is 86.8 Å². The predicted molar refractivity (Wildman–Crippen MR) is 67.0 cm³/mol. The lowest BCUT2D eigenvalue weighted by molar-refractivity contribution is -0.144. The number of nitrogens with one attached hydrogen (secondary N) is 1. The fourth-order valence-electron chi connectivity index (χ4n) is 1.72. The van der Waals surface area contributed by atoms with Crippen LogP contribution in [0.15, 0.2) is 0 Å². The van der Waals surface area contributed by atoms with E-state index in [-0.39, 0.29) is 0 Å². The van der Waals surface area contributed by atoms with Crippen LogP contribution in [0.1, 0.15) is 34.6 Å². The molecule has 1 aliphatic heterocycles. The second-order valence-corrected chi connectivity index (χ2v) is 5.74. The van der Waals surface area contributed by atoms with Crippen LogP contribution in [-0.2, 0) is 14.4 Å². The van der Waals surface area contributed by atoms with E-state index in [1.807, 2.05) is 0 Å². The fourth-order valence-corrected chi connectivity index (χ4v) is 1.72. The van der Waals surface area contributed by atoms with Crippen LogP contribution in [0.2, 0.25) is 0 Å². The molecule has 0 unspecified atom stereocenters. The maximum Gasteiger partial charge on any atom is 0.334 e. The quantitative estimate of drug-likeness (QED) is 0.581. The molecule has 1 heterocycles. The maximum absolute atomic E-state index is 11.9. The number of rotatable bonds is 3. The molecule has 106 valence electrons. The molecule has 0 bridgehead atoms. The molecule has 19 heavy (non-hydrogen) atoms. The Morgan fingerprint density at radius 1 is 1.16 bits per heavy atom. The van der Waals surface area contributed by atoms with E-state index in [0.717, 1.165) is 4.90 Å². The normalized spacial score (nSPS) is 16.6. The van der Waals surface area contributed by atoms with Crippen LogP contribution in [-0.4, -0.2) is 51.7 Å². The van der Waals surface area contributed by atoms with Gasteiger partial charge in [0.15, 0.2) is 0 Å². The Morgan fingerprint density at radius 2 is 1.68 bits per heavy atom. The van der Waals surface area contributed by atoms with Crippen LogP contribution in [0.4, 0.5) is 4.79 Å². The molecule has 1 rings (SSSR count). The van der Waals surface area contributed by atoms with Crippen LogP contribution in [0.5, 0.6) is 0 Å². The van der Waals surface area contributed by atoms with Crippen molar-refractivity contribution in [2.45, 2.75) is 46.2 Å². The van der Waals surface area contributed by atoms with E-state index in [2.05, 4.69) is 5.32 Å². The maximum atomic E-state index is 11.9. The van der Waals surface area contributed by atoms with Gasteiger partial charge in [0.1, 0.15) is 6.54 Å². The molecule has 0 radical (unpaired) electrons. The van der Waals surface area contributed by atoms with Crippen molar-refractivity contribution in [2.75, 3.05) is 6.54 Å². The zero-order chi connectivity index (χ0) is 15.0. The third-order valence-electron chi connectivity index (χ3n) is 2.42. The van der Waals surface area contributed by atoms with Crippen LogP contribution >= 0.6 is 0 Å². The Bertz CT molecular complexity index is 437. The molecule has 7 nitrogen and oxygen atoms in total. The monoisotopic (exact) mass is 269 g/mol. The van der Waals surface area contributed by atoms with E-state index in [4.69, 9.17) is 0 Å². The molecule has 1 fully saturated rings. The van der Waals surface area contributed by atoms with Gasteiger partial charge in [-0.15, -0.1) is 0 Å². The highest BCUT2D eigenvalue weighted by atomic mass is 16.2. The van der Waals surface area contributed by atoms with Crippen molar-refractivity contribution < 1.29 is 19.2 Å². The highest BCUT2D eigenvalue weighted by Gasteiger charge is 2.46. The van der Waals surface area contributed by atoms with E-state index in [9.17, 15) is 19.2 Å². The summed E-state index contributed by atoms with van der Waals surface area (Å²) in [6.07, 6.45) is 0. The first-order valence-corrected chi connectivity index (χ1v) is 6.04. The van der Waals surface area contributed by atoms with Gasteiger partial charge in [0.2, 0.25) is 5.91 Å². The molecule has 0 spiro atoms. The summed E-state index contributed by atoms with van der Waals surface area (Å²) in [5, 5.41) is 2.63. The van der Waals surface area contributed by atoms with Crippen LogP contribution in [0.25, 0.3) is 0 Å². The van der Waals surface area contributed by atoms with Crippen molar-refractivity contribution in [2.24, 2.45) is 0 Å². The summed E-state index contributed by atoms with van der Waals surface area (Å²) in [5.41, 5.74) is -0.468. The van der Waals surface area contributed by atoms with Crippen molar-refractivity contribution in [3.63, 3.8) is 0 Å². The van der Waals surface area contributed by atoms with Crippen LogP contribution in [0.3, 0.4) is 0 Å². The Kier molecular flexibility index (Phi) is 3.97. The Morgan fingerprint density at radius 3 is 2.05 bits per heavy atom. The summed E-state index contributed by atoms with van der Waals surface area (Å²) in [7, 11) is 0. The van der Waals surface area contributed by atoms with Crippen molar-refractivity contribution in [1.29, 1.82) is 0 Å². The highest BCUT2D eigenvalue weighted by Crippen LogP contribution is 2.15. The third-order valence-corrected chi connectivity index (χ3v) is 2.42. The van der Waals surface area contributed by atoms with Gasteiger partial charge < -0.3 is 5.32 Å². The smallest absolute Gasteiger partial charge is 0.334 e. The molecule has 0 aromatic carbocycles. The Balaban J connectivity index is 2.80. The number of urea groups is 1. The summed E-state index contributed by atoms with van der Waals surface area (Å²) in [4.78, 5) is 48.4. The van der Waals surface area contributed by atoms with Crippen molar-refractivity contribution in [3.05, 3.63) is 0 Å². The second kappa shape index (κ2) is 4.99. The minimum atomic E-state index is -0.956. The molecule has 0 aliphatic carbocycles. The molecule has 0 aromatic heterocycles. The van der Waals surface area contributed by atoms with Gasteiger partial charge in [0.25, 0.3) is 0 Å². The van der Waals surface area contributed by atoms with Gasteiger partial charge in [-0.05, 0) is 34.6 Å². The molecule has 5 amide bonds. The van der Waals surface area contributed by atoms with Crippen molar-refractivity contribution >= 4 is 23.8 Å². The summed E-state index contributed by atoms with van der Waals surface area (Å²) in [5.74, 6) is -2.32.